The lowest BCUT2D eigenvalue weighted by molar-refractivity contribution is -0.132. The van der Waals surface area contributed by atoms with Crippen molar-refractivity contribution >= 4 is 23.2 Å². The Morgan fingerprint density at radius 2 is 2.09 bits per heavy atom. The molecule has 0 spiro atoms. The van der Waals surface area contributed by atoms with Gasteiger partial charge in [-0.05, 0) is 47.5 Å². The molecule has 1 amide bonds. The molecule has 0 aliphatic carbocycles. The molecular formula is C17H17NO3S. The fourth-order valence-corrected chi connectivity index (χ4v) is 3.46. The summed E-state index contributed by atoms with van der Waals surface area (Å²) in [6, 6.07) is 9.23. The summed E-state index contributed by atoms with van der Waals surface area (Å²) in [6.07, 6.45) is 2.07. The molecule has 3 rings (SSSR count). The zero-order valence-corrected chi connectivity index (χ0v) is 12.9. The molecule has 2 aromatic rings. The van der Waals surface area contributed by atoms with Crippen molar-refractivity contribution in [2.24, 2.45) is 0 Å². The van der Waals surface area contributed by atoms with Gasteiger partial charge in [-0.2, -0.15) is 0 Å². The molecule has 0 bridgehead atoms. The topological polar surface area (TPSA) is 57.6 Å². The Bertz CT molecular complexity index is 694. The SMILES string of the molecule is O=C(O)c1ccc2c(c1)CN(C(=O)CCc1cccs1)CC2. The van der Waals surface area contributed by atoms with Crippen LogP contribution >= 0.6 is 11.3 Å². The molecule has 22 heavy (non-hydrogen) atoms. The van der Waals surface area contributed by atoms with Crippen LogP contribution in [0.15, 0.2) is 35.7 Å². The highest BCUT2D eigenvalue weighted by atomic mass is 32.1. The highest BCUT2D eigenvalue weighted by molar-refractivity contribution is 7.09. The summed E-state index contributed by atoms with van der Waals surface area (Å²) in [7, 11) is 0. The predicted octanol–water partition coefficient (Wildman–Crippen LogP) is 2.96. The van der Waals surface area contributed by atoms with Crippen molar-refractivity contribution in [3.8, 4) is 0 Å². The van der Waals surface area contributed by atoms with Crippen LogP contribution in [0.25, 0.3) is 0 Å². The minimum Gasteiger partial charge on any atom is -0.478 e. The van der Waals surface area contributed by atoms with E-state index in [0.29, 0.717) is 19.5 Å². The Balaban J connectivity index is 1.66. The number of carboxylic acid groups (broad SMARTS) is 1. The van der Waals surface area contributed by atoms with Crippen LogP contribution in [0.4, 0.5) is 0 Å². The van der Waals surface area contributed by atoms with E-state index in [4.69, 9.17) is 5.11 Å². The third-order valence-electron chi connectivity index (χ3n) is 3.98. The number of aromatic carboxylic acids is 1. The van der Waals surface area contributed by atoms with Gasteiger partial charge >= 0.3 is 5.97 Å². The Labute approximate surface area is 133 Å². The summed E-state index contributed by atoms with van der Waals surface area (Å²) in [4.78, 5) is 26.4. The van der Waals surface area contributed by atoms with Crippen LogP contribution < -0.4 is 0 Å². The fraction of sp³-hybridized carbons (Fsp3) is 0.294. The summed E-state index contributed by atoms with van der Waals surface area (Å²) in [5.74, 6) is -0.788. The smallest absolute Gasteiger partial charge is 0.335 e. The number of aryl methyl sites for hydroxylation is 1. The Kier molecular flexibility index (Phi) is 4.24. The molecule has 1 aromatic carbocycles. The minimum atomic E-state index is -0.927. The molecule has 1 aliphatic rings. The first-order valence-electron chi connectivity index (χ1n) is 7.29. The maximum atomic E-state index is 12.3. The van der Waals surface area contributed by atoms with E-state index < -0.39 is 5.97 Å². The number of carboxylic acids is 1. The van der Waals surface area contributed by atoms with Crippen molar-refractivity contribution in [3.63, 3.8) is 0 Å². The van der Waals surface area contributed by atoms with Gasteiger partial charge in [0, 0.05) is 24.4 Å². The third-order valence-corrected chi connectivity index (χ3v) is 4.92. The van der Waals surface area contributed by atoms with Gasteiger partial charge in [0.05, 0.1) is 5.56 Å². The van der Waals surface area contributed by atoms with Crippen LogP contribution in [0.3, 0.4) is 0 Å². The monoisotopic (exact) mass is 315 g/mol. The molecule has 0 atom stereocenters. The molecule has 2 heterocycles. The number of nitrogens with zero attached hydrogens (tertiary/aromatic N) is 1. The number of thiophene rings is 1. The molecule has 0 saturated carbocycles. The highest BCUT2D eigenvalue weighted by Gasteiger charge is 2.21. The van der Waals surface area contributed by atoms with Crippen LogP contribution in [0.2, 0.25) is 0 Å². The third kappa shape index (κ3) is 3.20. The standard InChI is InChI=1S/C17H17NO3S/c19-16(6-5-15-2-1-9-22-15)18-8-7-12-3-4-13(17(20)21)10-14(12)11-18/h1-4,9-10H,5-8,11H2,(H,20,21). The molecule has 5 heteroatoms. The molecule has 4 nitrogen and oxygen atoms in total. The van der Waals surface area contributed by atoms with Crippen molar-refractivity contribution in [1.29, 1.82) is 0 Å². The van der Waals surface area contributed by atoms with Crippen LogP contribution in [0.5, 0.6) is 0 Å². The predicted molar refractivity (Wildman–Crippen MR) is 85.2 cm³/mol. The van der Waals surface area contributed by atoms with E-state index in [-0.39, 0.29) is 11.5 Å². The Hall–Kier alpha value is -2.14. The van der Waals surface area contributed by atoms with Gasteiger partial charge in [-0.1, -0.05) is 12.1 Å². The number of rotatable bonds is 4. The van der Waals surface area contributed by atoms with Gasteiger partial charge < -0.3 is 10.0 Å². The normalized spacial score (nSPS) is 13.7. The molecule has 0 saturated heterocycles. The second-order valence-electron chi connectivity index (χ2n) is 5.43. The molecule has 1 aliphatic heterocycles. The first kappa shape index (κ1) is 14.8. The van der Waals surface area contributed by atoms with Gasteiger partial charge in [0.2, 0.25) is 5.91 Å². The van der Waals surface area contributed by atoms with Crippen LogP contribution in [-0.4, -0.2) is 28.4 Å². The van der Waals surface area contributed by atoms with Crippen molar-refractivity contribution in [1.82, 2.24) is 4.90 Å². The number of carbonyl (C=O) groups is 2. The molecule has 1 N–H and O–H groups in total. The summed E-state index contributed by atoms with van der Waals surface area (Å²) in [5, 5.41) is 11.1. The second kappa shape index (κ2) is 6.32. The van der Waals surface area contributed by atoms with E-state index in [1.807, 2.05) is 28.5 Å². The first-order chi connectivity index (χ1) is 10.6. The van der Waals surface area contributed by atoms with Crippen molar-refractivity contribution in [2.75, 3.05) is 6.54 Å². The Morgan fingerprint density at radius 1 is 1.23 bits per heavy atom. The van der Waals surface area contributed by atoms with E-state index in [0.717, 1.165) is 24.0 Å². The maximum absolute atomic E-state index is 12.3. The molecule has 0 fully saturated rings. The van der Waals surface area contributed by atoms with Crippen molar-refractivity contribution < 1.29 is 14.7 Å². The van der Waals surface area contributed by atoms with Gasteiger partial charge in [0.1, 0.15) is 0 Å². The van der Waals surface area contributed by atoms with Crippen LogP contribution in [-0.2, 0) is 24.2 Å². The average Bonchev–Trinajstić information content (AvgIpc) is 3.04. The van der Waals surface area contributed by atoms with Crippen LogP contribution in [0.1, 0.15) is 32.8 Å². The summed E-state index contributed by atoms with van der Waals surface area (Å²) in [6.45, 7) is 1.22. The van der Waals surface area contributed by atoms with Gasteiger partial charge in [-0.3, -0.25) is 4.79 Å². The van der Waals surface area contributed by atoms with Crippen LogP contribution in [0, 0.1) is 0 Å². The zero-order chi connectivity index (χ0) is 15.5. The van der Waals surface area contributed by atoms with Gasteiger partial charge in [-0.25, -0.2) is 4.79 Å². The number of benzene rings is 1. The molecule has 0 radical (unpaired) electrons. The lowest BCUT2D eigenvalue weighted by atomic mass is 9.97. The molecule has 0 unspecified atom stereocenters. The summed E-state index contributed by atoms with van der Waals surface area (Å²) in [5.41, 5.74) is 2.38. The minimum absolute atomic E-state index is 0.139. The lowest BCUT2D eigenvalue weighted by Crippen LogP contribution is -2.36. The fourth-order valence-electron chi connectivity index (χ4n) is 2.75. The van der Waals surface area contributed by atoms with E-state index in [9.17, 15) is 9.59 Å². The summed E-state index contributed by atoms with van der Waals surface area (Å²) >= 11 is 1.67. The van der Waals surface area contributed by atoms with E-state index in [2.05, 4.69) is 0 Å². The van der Waals surface area contributed by atoms with E-state index in [1.165, 1.54) is 4.88 Å². The molecular weight excluding hydrogens is 298 g/mol. The van der Waals surface area contributed by atoms with Crippen molar-refractivity contribution in [3.05, 3.63) is 57.3 Å². The number of hydrogen-bond donors (Lipinski definition) is 1. The van der Waals surface area contributed by atoms with Gasteiger partial charge in [-0.15, -0.1) is 11.3 Å². The highest BCUT2D eigenvalue weighted by Crippen LogP contribution is 2.22. The molecule has 114 valence electrons. The van der Waals surface area contributed by atoms with E-state index >= 15 is 0 Å². The number of hydrogen-bond acceptors (Lipinski definition) is 3. The van der Waals surface area contributed by atoms with E-state index in [1.54, 1.807) is 23.5 Å². The average molecular weight is 315 g/mol. The Morgan fingerprint density at radius 3 is 2.82 bits per heavy atom. The number of fused-ring (bicyclic) bond motifs is 1. The largest absolute Gasteiger partial charge is 0.478 e. The maximum Gasteiger partial charge on any atom is 0.335 e. The number of amides is 1. The zero-order valence-electron chi connectivity index (χ0n) is 12.1. The van der Waals surface area contributed by atoms with Gasteiger partial charge in [0.15, 0.2) is 0 Å². The number of carbonyl (C=O) groups excluding carboxylic acids is 1. The van der Waals surface area contributed by atoms with Crippen molar-refractivity contribution in [2.45, 2.75) is 25.8 Å². The summed E-state index contributed by atoms with van der Waals surface area (Å²) < 4.78 is 0. The molecule has 1 aromatic heterocycles. The van der Waals surface area contributed by atoms with Gasteiger partial charge in [0.25, 0.3) is 0 Å². The second-order valence-corrected chi connectivity index (χ2v) is 6.47. The quantitative estimate of drug-likeness (QED) is 0.943. The lowest BCUT2D eigenvalue weighted by Gasteiger charge is -2.29. The first-order valence-corrected chi connectivity index (χ1v) is 8.16.